The average Bonchev–Trinajstić information content (AvgIpc) is 2.71. The zero-order valence-corrected chi connectivity index (χ0v) is 17.2. The van der Waals surface area contributed by atoms with Crippen LogP contribution in [0.3, 0.4) is 0 Å². The van der Waals surface area contributed by atoms with Crippen LogP contribution in [-0.2, 0) is 23.8 Å². The molecule has 1 aliphatic heterocycles. The molecule has 0 spiro atoms. The van der Waals surface area contributed by atoms with Gasteiger partial charge in [-0.3, -0.25) is 10.3 Å². The Morgan fingerprint density at radius 1 is 1.29 bits per heavy atom. The van der Waals surface area contributed by atoms with Crippen LogP contribution in [-0.4, -0.2) is 45.8 Å². The molecule has 1 aliphatic rings. The van der Waals surface area contributed by atoms with E-state index in [2.05, 4.69) is 12.1 Å². The molecular weight excluding hydrogens is 362 g/mol. The van der Waals surface area contributed by atoms with Crippen molar-refractivity contribution in [1.29, 1.82) is 0 Å². The van der Waals surface area contributed by atoms with E-state index in [1.165, 1.54) is 7.11 Å². The summed E-state index contributed by atoms with van der Waals surface area (Å²) in [7, 11) is 2.98. The van der Waals surface area contributed by atoms with Crippen LogP contribution in [0.5, 0.6) is 5.75 Å². The molecule has 1 saturated heterocycles. The molecule has 0 amide bonds. The second kappa shape index (κ2) is 10.5. The fourth-order valence-electron chi connectivity index (χ4n) is 2.98. The number of aryl methyl sites for hydroxylation is 1. The lowest BCUT2D eigenvalue weighted by molar-refractivity contribution is -0.272. The molecule has 156 valence electrons. The largest absolute Gasteiger partial charge is 0.496 e. The van der Waals surface area contributed by atoms with E-state index in [1.54, 1.807) is 14.0 Å². The topological polar surface area (TPSA) is 75.3 Å². The molecule has 1 heterocycles. The SMILES string of the molecule is C=C(NOCCCCC1COC(C)(C(=O)OC)OC1)c1ccc(OC)c(C)c1. The van der Waals surface area contributed by atoms with E-state index in [1.807, 2.05) is 25.1 Å². The van der Waals surface area contributed by atoms with Gasteiger partial charge in [0.25, 0.3) is 5.79 Å². The van der Waals surface area contributed by atoms with Crippen molar-refractivity contribution in [1.82, 2.24) is 5.48 Å². The summed E-state index contributed by atoms with van der Waals surface area (Å²) in [6, 6.07) is 5.86. The molecule has 0 bridgehead atoms. The zero-order chi connectivity index (χ0) is 20.6. The van der Waals surface area contributed by atoms with Gasteiger partial charge in [0.2, 0.25) is 0 Å². The van der Waals surface area contributed by atoms with Crippen LogP contribution in [0, 0.1) is 12.8 Å². The predicted octanol–water partition coefficient (Wildman–Crippen LogP) is 3.22. The van der Waals surface area contributed by atoms with Crippen molar-refractivity contribution in [2.75, 3.05) is 34.0 Å². The highest BCUT2D eigenvalue weighted by Crippen LogP contribution is 2.25. The number of hydrogen-bond donors (Lipinski definition) is 1. The summed E-state index contributed by atoms with van der Waals surface area (Å²) >= 11 is 0. The van der Waals surface area contributed by atoms with E-state index in [0.29, 0.717) is 25.5 Å². The number of unbranched alkanes of at least 4 members (excludes halogenated alkanes) is 1. The van der Waals surface area contributed by atoms with E-state index in [-0.39, 0.29) is 5.92 Å². The lowest BCUT2D eigenvalue weighted by atomic mass is 10.0. The van der Waals surface area contributed by atoms with Crippen LogP contribution in [0.4, 0.5) is 0 Å². The molecule has 7 nitrogen and oxygen atoms in total. The van der Waals surface area contributed by atoms with Crippen LogP contribution in [0.1, 0.15) is 37.3 Å². The Morgan fingerprint density at radius 2 is 2.00 bits per heavy atom. The van der Waals surface area contributed by atoms with E-state index < -0.39 is 11.8 Å². The molecule has 1 aromatic rings. The minimum atomic E-state index is -1.28. The normalized spacial score (nSPS) is 21.8. The number of carbonyl (C=O) groups excluding carboxylic acids is 1. The lowest BCUT2D eigenvalue weighted by Crippen LogP contribution is -2.48. The Morgan fingerprint density at radius 3 is 2.61 bits per heavy atom. The second-order valence-electron chi connectivity index (χ2n) is 7.03. The highest BCUT2D eigenvalue weighted by Gasteiger charge is 2.41. The number of carbonyl (C=O) groups is 1. The van der Waals surface area contributed by atoms with Crippen molar-refractivity contribution >= 4 is 11.7 Å². The van der Waals surface area contributed by atoms with Crippen LogP contribution >= 0.6 is 0 Å². The average molecular weight is 393 g/mol. The molecule has 0 radical (unpaired) electrons. The Hall–Kier alpha value is -2.09. The minimum Gasteiger partial charge on any atom is -0.496 e. The molecular formula is C21H31NO6. The first-order valence-electron chi connectivity index (χ1n) is 9.47. The first kappa shape index (κ1) is 22.2. The molecule has 0 saturated carbocycles. The van der Waals surface area contributed by atoms with Crippen LogP contribution in [0.2, 0.25) is 0 Å². The fourth-order valence-corrected chi connectivity index (χ4v) is 2.98. The minimum absolute atomic E-state index is 0.267. The van der Waals surface area contributed by atoms with Gasteiger partial charge in [-0.15, -0.1) is 0 Å². The summed E-state index contributed by atoms with van der Waals surface area (Å²) < 4.78 is 21.1. The smallest absolute Gasteiger partial charge is 0.366 e. The molecule has 0 atom stereocenters. The molecule has 28 heavy (non-hydrogen) atoms. The molecule has 1 fully saturated rings. The molecule has 2 rings (SSSR count). The van der Waals surface area contributed by atoms with Gasteiger partial charge in [0.05, 0.1) is 39.7 Å². The van der Waals surface area contributed by atoms with Gasteiger partial charge in [0.15, 0.2) is 0 Å². The monoisotopic (exact) mass is 393 g/mol. The Bertz CT molecular complexity index is 667. The first-order valence-corrected chi connectivity index (χ1v) is 9.47. The number of methoxy groups -OCH3 is 2. The second-order valence-corrected chi connectivity index (χ2v) is 7.03. The highest BCUT2D eigenvalue weighted by molar-refractivity contribution is 5.77. The van der Waals surface area contributed by atoms with Gasteiger partial charge in [-0.2, -0.15) is 0 Å². The number of hydroxylamine groups is 1. The number of hydrogen-bond acceptors (Lipinski definition) is 7. The molecule has 0 aliphatic carbocycles. The van der Waals surface area contributed by atoms with Crippen molar-refractivity contribution < 1.29 is 28.6 Å². The standard InChI is InChI=1S/C21H31NO6/c1-15-12-18(9-10-19(15)24-4)16(2)22-28-11-7-6-8-17-13-26-21(3,27-14-17)20(23)25-5/h9-10,12,17,22H,2,6-8,11,13-14H2,1,3-5H3. The van der Waals surface area contributed by atoms with Crippen LogP contribution in [0.25, 0.3) is 5.70 Å². The number of nitrogens with one attached hydrogen (secondary N) is 1. The summed E-state index contributed by atoms with van der Waals surface area (Å²) in [4.78, 5) is 17.1. The summed E-state index contributed by atoms with van der Waals surface area (Å²) in [5.41, 5.74) is 5.61. The maximum absolute atomic E-state index is 11.6. The van der Waals surface area contributed by atoms with E-state index in [9.17, 15) is 4.79 Å². The number of ether oxygens (including phenoxy) is 4. The Kier molecular flexibility index (Phi) is 8.29. The third-order valence-electron chi connectivity index (χ3n) is 4.79. The third kappa shape index (κ3) is 5.95. The summed E-state index contributed by atoms with van der Waals surface area (Å²) in [5, 5.41) is 0. The van der Waals surface area contributed by atoms with Gasteiger partial charge in [-0.1, -0.05) is 13.0 Å². The van der Waals surface area contributed by atoms with Crippen molar-refractivity contribution in [3.8, 4) is 5.75 Å². The lowest BCUT2D eigenvalue weighted by Gasteiger charge is -2.35. The maximum atomic E-state index is 11.6. The predicted molar refractivity (Wildman–Crippen MR) is 106 cm³/mol. The van der Waals surface area contributed by atoms with E-state index >= 15 is 0 Å². The Labute approximate surface area is 166 Å². The molecule has 0 aromatic heterocycles. The first-order chi connectivity index (χ1) is 13.4. The fraction of sp³-hybridized carbons (Fsp3) is 0.571. The maximum Gasteiger partial charge on any atom is 0.366 e. The van der Waals surface area contributed by atoms with Gasteiger partial charge >= 0.3 is 5.97 Å². The zero-order valence-electron chi connectivity index (χ0n) is 17.2. The molecule has 1 aromatic carbocycles. The summed E-state index contributed by atoms with van der Waals surface area (Å²) in [5.74, 6) is -0.668. The van der Waals surface area contributed by atoms with E-state index in [4.69, 9.17) is 23.8 Å². The number of rotatable bonds is 10. The van der Waals surface area contributed by atoms with Crippen molar-refractivity contribution in [3.63, 3.8) is 0 Å². The quantitative estimate of drug-likeness (QED) is 0.372. The van der Waals surface area contributed by atoms with Crippen molar-refractivity contribution in [3.05, 3.63) is 35.9 Å². The van der Waals surface area contributed by atoms with Crippen molar-refractivity contribution in [2.24, 2.45) is 5.92 Å². The summed E-state index contributed by atoms with van der Waals surface area (Å²) in [6.45, 7) is 9.12. The van der Waals surface area contributed by atoms with Crippen LogP contribution in [0.15, 0.2) is 24.8 Å². The van der Waals surface area contributed by atoms with E-state index in [0.717, 1.165) is 36.1 Å². The third-order valence-corrected chi connectivity index (χ3v) is 4.79. The molecule has 1 N–H and O–H groups in total. The highest BCUT2D eigenvalue weighted by atomic mass is 16.7. The van der Waals surface area contributed by atoms with Crippen LogP contribution < -0.4 is 10.2 Å². The summed E-state index contributed by atoms with van der Waals surface area (Å²) in [6.07, 6.45) is 2.81. The van der Waals surface area contributed by atoms with Gasteiger partial charge < -0.3 is 18.9 Å². The number of esters is 1. The van der Waals surface area contributed by atoms with Gasteiger partial charge in [0, 0.05) is 12.8 Å². The molecule has 7 heteroatoms. The Balaban J connectivity index is 1.59. The van der Waals surface area contributed by atoms with Crippen molar-refractivity contribution in [2.45, 2.75) is 38.9 Å². The van der Waals surface area contributed by atoms with Gasteiger partial charge in [-0.25, -0.2) is 4.79 Å². The van der Waals surface area contributed by atoms with Gasteiger partial charge in [0.1, 0.15) is 5.75 Å². The van der Waals surface area contributed by atoms with Gasteiger partial charge in [-0.05, 0) is 49.1 Å². The molecule has 0 unspecified atom stereocenters. The number of benzene rings is 1.